The van der Waals surface area contributed by atoms with Crippen molar-refractivity contribution in [1.29, 1.82) is 0 Å². The molecule has 1 amide bonds. The summed E-state index contributed by atoms with van der Waals surface area (Å²) in [4.78, 5) is 27.1. The van der Waals surface area contributed by atoms with E-state index >= 15 is 0 Å². The molecule has 0 unspecified atom stereocenters. The Kier molecular flexibility index (Phi) is 4.48. The number of para-hydroxylation sites is 1. The van der Waals surface area contributed by atoms with E-state index < -0.39 is 11.5 Å². The van der Waals surface area contributed by atoms with Crippen LogP contribution in [0.1, 0.15) is 36.2 Å². The summed E-state index contributed by atoms with van der Waals surface area (Å²) in [5.41, 5.74) is -0.129. The molecule has 1 aliphatic heterocycles. The van der Waals surface area contributed by atoms with E-state index in [9.17, 15) is 14.7 Å². The van der Waals surface area contributed by atoms with Crippen LogP contribution in [0.15, 0.2) is 48.5 Å². The Balaban J connectivity index is 1.98. The van der Waals surface area contributed by atoms with E-state index in [1.54, 1.807) is 35.2 Å². The van der Waals surface area contributed by atoms with Gasteiger partial charge in [0.05, 0.1) is 12.1 Å². The van der Waals surface area contributed by atoms with E-state index in [0.29, 0.717) is 16.8 Å². The first kappa shape index (κ1) is 17.1. The summed E-state index contributed by atoms with van der Waals surface area (Å²) >= 11 is 2.16. The summed E-state index contributed by atoms with van der Waals surface area (Å²) in [6.45, 7) is 3.78. The number of carbonyl (C=O) groups is 2. The fourth-order valence-corrected chi connectivity index (χ4v) is 3.47. The number of benzene rings is 2. The zero-order valence-electron chi connectivity index (χ0n) is 13.5. The number of halogens is 1. The molecule has 4 nitrogen and oxygen atoms in total. The number of ketones is 1. The Labute approximate surface area is 154 Å². The highest BCUT2D eigenvalue weighted by atomic mass is 127. The van der Waals surface area contributed by atoms with Gasteiger partial charge in [0, 0.05) is 20.7 Å². The lowest BCUT2D eigenvalue weighted by molar-refractivity contribution is -0.136. The molecule has 24 heavy (non-hydrogen) atoms. The van der Waals surface area contributed by atoms with E-state index in [-0.39, 0.29) is 18.2 Å². The normalized spacial score (nSPS) is 19.7. The summed E-state index contributed by atoms with van der Waals surface area (Å²) in [5, 5.41) is 11.1. The maximum atomic E-state index is 12.9. The molecule has 5 heteroatoms. The number of hydrogen-bond donors (Lipinski definition) is 1. The molecule has 0 aliphatic carbocycles. The summed E-state index contributed by atoms with van der Waals surface area (Å²) in [6.07, 6.45) is -0.257. The van der Waals surface area contributed by atoms with Crippen LogP contribution in [0.4, 0.5) is 5.69 Å². The van der Waals surface area contributed by atoms with Gasteiger partial charge in [-0.25, -0.2) is 0 Å². The second-order valence-electron chi connectivity index (χ2n) is 6.25. The minimum atomic E-state index is -1.80. The topological polar surface area (TPSA) is 57.6 Å². The summed E-state index contributed by atoms with van der Waals surface area (Å²) in [7, 11) is 0. The average Bonchev–Trinajstić information content (AvgIpc) is 2.76. The lowest BCUT2D eigenvalue weighted by atomic mass is 9.88. The van der Waals surface area contributed by atoms with Gasteiger partial charge in [0.2, 0.25) is 0 Å². The third-order valence-corrected chi connectivity index (χ3v) is 5.00. The fourth-order valence-electron chi connectivity index (χ4n) is 3.11. The van der Waals surface area contributed by atoms with Crippen LogP contribution in [0.25, 0.3) is 0 Å². The predicted octanol–water partition coefficient (Wildman–Crippen LogP) is 3.51. The molecule has 2 aromatic carbocycles. The zero-order valence-corrected chi connectivity index (χ0v) is 15.6. The van der Waals surface area contributed by atoms with Crippen molar-refractivity contribution in [3.8, 4) is 0 Å². The Hall–Kier alpha value is -1.73. The van der Waals surface area contributed by atoms with Gasteiger partial charge < -0.3 is 10.0 Å². The van der Waals surface area contributed by atoms with Gasteiger partial charge in [-0.3, -0.25) is 9.59 Å². The molecular weight excluding hydrogens is 417 g/mol. The molecule has 3 rings (SSSR count). The highest BCUT2D eigenvalue weighted by Crippen LogP contribution is 2.43. The van der Waals surface area contributed by atoms with Gasteiger partial charge in [-0.2, -0.15) is 0 Å². The van der Waals surface area contributed by atoms with Gasteiger partial charge in [0.25, 0.3) is 5.91 Å². The van der Waals surface area contributed by atoms with Crippen LogP contribution in [-0.2, 0) is 10.4 Å². The maximum absolute atomic E-state index is 12.9. The van der Waals surface area contributed by atoms with Crippen molar-refractivity contribution in [3.63, 3.8) is 0 Å². The number of hydrogen-bond acceptors (Lipinski definition) is 3. The molecule has 0 saturated carbocycles. The van der Waals surface area contributed by atoms with Crippen molar-refractivity contribution >= 4 is 40.0 Å². The van der Waals surface area contributed by atoms with E-state index in [1.807, 2.05) is 32.0 Å². The molecule has 0 bridgehead atoms. The highest BCUT2D eigenvalue weighted by Gasteiger charge is 2.51. The van der Waals surface area contributed by atoms with Crippen LogP contribution in [0.3, 0.4) is 0 Å². The van der Waals surface area contributed by atoms with Crippen molar-refractivity contribution in [2.45, 2.75) is 31.9 Å². The average molecular weight is 435 g/mol. The SMILES string of the molecule is CC(C)N1C(=O)[C@](O)(CC(=O)c2ccc(I)cc2)c2ccccc21. The maximum Gasteiger partial charge on any atom is 0.264 e. The quantitative estimate of drug-likeness (QED) is 0.591. The smallest absolute Gasteiger partial charge is 0.264 e. The van der Waals surface area contributed by atoms with Crippen molar-refractivity contribution < 1.29 is 14.7 Å². The van der Waals surface area contributed by atoms with Gasteiger partial charge in [-0.15, -0.1) is 0 Å². The zero-order chi connectivity index (χ0) is 17.5. The fraction of sp³-hybridized carbons (Fsp3) is 0.263. The molecular formula is C19H18INO3. The first-order chi connectivity index (χ1) is 11.3. The van der Waals surface area contributed by atoms with Crippen LogP contribution in [0, 0.1) is 3.57 Å². The molecule has 124 valence electrons. The number of rotatable bonds is 4. The van der Waals surface area contributed by atoms with Crippen LogP contribution in [-0.4, -0.2) is 22.8 Å². The second-order valence-corrected chi connectivity index (χ2v) is 7.50. The first-order valence-corrected chi connectivity index (χ1v) is 8.87. The third kappa shape index (κ3) is 2.75. The van der Waals surface area contributed by atoms with Gasteiger partial charge in [-0.1, -0.05) is 30.3 Å². The third-order valence-electron chi connectivity index (χ3n) is 4.28. The summed E-state index contributed by atoms with van der Waals surface area (Å²) < 4.78 is 1.02. The number of nitrogens with zero attached hydrogens (tertiary/aromatic N) is 1. The van der Waals surface area contributed by atoms with Gasteiger partial charge in [0.1, 0.15) is 0 Å². The lowest BCUT2D eigenvalue weighted by Gasteiger charge is -2.25. The van der Waals surface area contributed by atoms with Gasteiger partial charge in [0.15, 0.2) is 11.4 Å². The molecule has 1 heterocycles. The molecule has 0 radical (unpaired) electrons. The Morgan fingerprint density at radius 2 is 1.79 bits per heavy atom. The second kappa shape index (κ2) is 6.29. The standard InChI is InChI=1S/C19H18INO3/c1-12(2)21-16-6-4-3-5-15(16)19(24,18(21)23)11-17(22)13-7-9-14(20)10-8-13/h3-10,12,24H,11H2,1-2H3/t19-/m0/s1. The molecule has 1 aliphatic rings. The number of amides is 1. The highest BCUT2D eigenvalue weighted by molar-refractivity contribution is 14.1. The predicted molar refractivity (Wildman–Crippen MR) is 101 cm³/mol. The number of anilines is 1. The molecule has 1 N–H and O–H groups in total. The number of fused-ring (bicyclic) bond motifs is 1. The van der Waals surface area contributed by atoms with E-state index in [1.165, 1.54) is 0 Å². The van der Waals surface area contributed by atoms with Crippen LogP contribution < -0.4 is 4.90 Å². The molecule has 0 aromatic heterocycles. The van der Waals surface area contributed by atoms with Gasteiger partial charge in [-0.05, 0) is 54.6 Å². The van der Waals surface area contributed by atoms with Crippen LogP contribution in [0.2, 0.25) is 0 Å². The first-order valence-electron chi connectivity index (χ1n) is 7.79. The molecule has 0 saturated heterocycles. The molecule has 1 atom stereocenters. The minimum Gasteiger partial charge on any atom is -0.375 e. The largest absolute Gasteiger partial charge is 0.375 e. The number of carbonyl (C=O) groups excluding carboxylic acids is 2. The number of Topliss-reactive ketones (excluding diaryl/α,β-unsaturated/α-hetero) is 1. The lowest BCUT2D eigenvalue weighted by Crippen LogP contribution is -2.44. The minimum absolute atomic E-state index is 0.0962. The summed E-state index contributed by atoms with van der Waals surface area (Å²) in [6, 6.07) is 14.1. The molecule has 2 aromatic rings. The van der Waals surface area contributed by atoms with E-state index in [0.717, 1.165) is 3.57 Å². The van der Waals surface area contributed by atoms with Gasteiger partial charge >= 0.3 is 0 Å². The van der Waals surface area contributed by atoms with Crippen LogP contribution in [0.5, 0.6) is 0 Å². The molecule has 0 fully saturated rings. The Bertz CT molecular complexity index is 801. The van der Waals surface area contributed by atoms with Crippen molar-refractivity contribution in [2.75, 3.05) is 4.90 Å². The monoisotopic (exact) mass is 435 g/mol. The Morgan fingerprint density at radius 1 is 1.17 bits per heavy atom. The van der Waals surface area contributed by atoms with Crippen molar-refractivity contribution in [3.05, 3.63) is 63.2 Å². The van der Waals surface area contributed by atoms with Crippen LogP contribution >= 0.6 is 22.6 Å². The van der Waals surface area contributed by atoms with E-state index in [4.69, 9.17) is 0 Å². The summed E-state index contributed by atoms with van der Waals surface area (Å²) in [5.74, 6) is -0.680. The molecule has 0 spiro atoms. The van der Waals surface area contributed by atoms with E-state index in [2.05, 4.69) is 22.6 Å². The number of aliphatic hydroxyl groups is 1. The van der Waals surface area contributed by atoms with Crippen molar-refractivity contribution in [2.24, 2.45) is 0 Å². The Morgan fingerprint density at radius 3 is 2.42 bits per heavy atom. The van der Waals surface area contributed by atoms with Crippen molar-refractivity contribution in [1.82, 2.24) is 0 Å².